The lowest BCUT2D eigenvalue weighted by molar-refractivity contribution is 0.165. The fourth-order valence-electron chi connectivity index (χ4n) is 5.72. The molecule has 2 aliphatic carbocycles. The summed E-state index contributed by atoms with van der Waals surface area (Å²) in [6.45, 7) is 15.8. The summed E-state index contributed by atoms with van der Waals surface area (Å²) in [6, 6.07) is 4.66. The maximum atomic E-state index is 11.0. The lowest BCUT2D eigenvalue weighted by Gasteiger charge is -2.38. The fraction of sp³-hybridized carbons (Fsp3) is 0.778. The summed E-state index contributed by atoms with van der Waals surface area (Å²) >= 11 is 0. The van der Waals surface area contributed by atoms with Crippen LogP contribution in [0.5, 0.6) is 5.75 Å². The SMILES string of the molecule is CC1CCC(C2CCC(c3cc(C(C)(C)C)c(O)c(C(C)(C)C)c3)CC2)CC1. The number of hydrogen-bond donors (Lipinski definition) is 1. The molecule has 158 valence electrons. The van der Waals surface area contributed by atoms with Crippen molar-refractivity contribution in [1.29, 1.82) is 0 Å². The number of phenolic OH excluding ortho intramolecular Hbond substituents is 1. The predicted molar refractivity (Wildman–Crippen MR) is 121 cm³/mol. The number of benzene rings is 1. The predicted octanol–water partition coefficient (Wildman–Crippen LogP) is 8.09. The van der Waals surface area contributed by atoms with E-state index in [0.717, 1.165) is 28.9 Å². The Morgan fingerprint density at radius 1 is 0.679 bits per heavy atom. The number of phenols is 1. The number of rotatable bonds is 2. The first-order chi connectivity index (χ1) is 13.0. The van der Waals surface area contributed by atoms with E-state index in [1.54, 1.807) is 0 Å². The minimum absolute atomic E-state index is 0.0317. The molecule has 2 saturated carbocycles. The second kappa shape index (κ2) is 8.04. The molecule has 2 aliphatic rings. The maximum absolute atomic E-state index is 11.0. The van der Waals surface area contributed by atoms with E-state index in [9.17, 15) is 5.11 Å². The highest BCUT2D eigenvalue weighted by Gasteiger charge is 2.32. The first-order valence-electron chi connectivity index (χ1n) is 11.8. The molecule has 1 aromatic carbocycles. The van der Waals surface area contributed by atoms with Crippen LogP contribution in [-0.4, -0.2) is 5.11 Å². The van der Waals surface area contributed by atoms with Gasteiger partial charge in [-0.3, -0.25) is 0 Å². The van der Waals surface area contributed by atoms with Crippen molar-refractivity contribution < 1.29 is 5.11 Å². The van der Waals surface area contributed by atoms with Crippen molar-refractivity contribution in [3.05, 3.63) is 28.8 Å². The standard InChI is InChI=1S/C27H44O/c1-18-8-10-19(11-9-18)20-12-14-21(15-13-20)22-16-23(26(2,3)4)25(28)24(17-22)27(5,6)7/h16-21,28H,8-15H2,1-7H3. The van der Waals surface area contributed by atoms with Gasteiger partial charge in [-0.25, -0.2) is 0 Å². The van der Waals surface area contributed by atoms with Gasteiger partial charge in [0, 0.05) is 0 Å². The Morgan fingerprint density at radius 3 is 1.46 bits per heavy atom. The Labute approximate surface area is 174 Å². The highest BCUT2D eigenvalue weighted by atomic mass is 16.3. The van der Waals surface area contributed by atoms with Crippen LogP contribution in [-0.2, 0) is 10.8 Å². The average Bonchev–Trinajstić information content (AvgIpc) is 2.61. The van der Waals surface area contributed by atoms with Crippen molar-refractivity contribution in [1.82, 2.24) is 0 Å². The Morgan fingerprint density at radius 2 is 1.07 bits per heavy atom. The Kier molecular flexibility index (Phi) is 6.23. The van der Waals surface area contributed by atoms with Crippen LogP contribution in [0.1, 0.15) is 122 Å². The summed E-state index contributed by atoms with van der Waals surface area (Å²) in [6.07, 6.45) is 11.3. The molecule has 0 radical (unpaired) electrons. The molecular weight excluding hydrogens is 340 g/mol. The third-order valence-electron chi connectivity index (χ3n) is 7.72. The summed E-state index contributed by atoms with van der Waals surface area (Å²) in [5.41, 5.74) is 3.66. The first-order valence-corrected chi connectivity index (χ1v) is 11.8. The van der Waals surface area contributed by atoms with Crippen LogP contribution in [0.3, 0.4) is 0 Å². The van der Waals surface area contributed by atoms with Crippen molar-refractivity contribution in [2.24, 2.45) is 17.8 Å². The van der Waals surface area contributed by atoms with E-state index < -0.39 is 0 Å². The zero-order chi connectivity index (χ0) is 20.7. The van der Waals surface area contributed by atoms with Crippen LogP contribution < -0.4 is 0 Å². The smallest absolute Gasteiger partial charge is 0.123 e. The van der Waals surface area contributed by atoms with Gasteiger partial charge in [0.15, 0.2) is 0 Å². The Bertz CT molecular complexity index is 621. The van der Waals surface area contributed by atoms with E-state index in [2.05, 4.69) is 60.6 Å². The minimum Gasteiger partial charge on any atom is -0.507 e. The van der Waals surface area contributed by atoms with Crippen molar-refractivity contribution in [2.75, 3.05) is 0 Å². The number of hydrogen-bond acceptors (Lipinski definition) is 1. The van der Waals surface area contributed by atoms with Crippen LogP contribution in [0.15, 0.2) is 12.1 Å². The molecule has 0 saturated heterocycles. The van der Waals surface area contributed by atoms with Gasteiger partial charge in [-0.15, -0.1) is 0 Å². The molecule has 1 N–H and O–H groups in total. The zero-order valence-electron chi connectivity index (χ0n) is 19.6. The molecule has 1 heteroatoms. The average molecular weight is 385 g/mol. The molecule has 3 rings (SSSR count). The molecule has 1 aromatic rings. The molecule has 0 amide bonds. The van der Waals surface area contributed by atoms with Crippen LogP contribution >= 0.6 is 0 Å². The highest BCUT2D eigenvalue weighted by Crippen LogP contribution is 2.46. The summed E-state index contributed by atoms with van der Waals surface area (Å²) in [7, 11) is 0. The zero-order valence-corrected chi connectivity index (χ0v) is 19.6. The molecule has 0 aliphatic heterocycles. The molecule has 0 atom stereocenters. The van der Waals surface area contributed by atoms with Gasteiger partial charge < -0.3 is 5.11 Å². The van der Waals surface area contributed by atoms with Gasteiger partial charge in [0.05, 0.1) is 0 Å². The molecule has 28 heavy (non-hydrogen) atoms. The second-order valence-corrected chi connectivity index (χ2v) is 12.1. The third kappa shape index (κ3) is 4.77. The van der Waals surface area contributed by atoms with Gasteiger partial charge in [-0.05, 0) is 89.7 Å². The largest absolute Gasteiger partial charge is 0.507 e. The topological polar surface area (TPSA) is 20.2 Å². The van der Waals surface area contributed by atoms with E-state index in [0.29, 0.717) is 11.7 Å². The summed E-state index contributed by atoms with van der Waals surface area (Å²) in [5, 5.41) is 11.0. The van der Waals surface area contributed by atoms with E-state index in [1.807, 2.05) is 0 Å². The maximum Gasteiger partial charge on any atom is 0.123 e. The van der Waals surface area contributed by atoms with Crippen molar-refractivity contribution in [3.63, 3.8) is 0 Å². The molecule has 0 spiro atoms. The number of aromatic hydroxyl groups is 1. The Balaban J connectivity index is 1.79. The molecule has 0 unspecified atom stereocenters. The normalized spacial score (nSPS) is 29.7. The summed E-state index contributed by atoms with van der Waals surface area (Å²) < 4.78 is 0. The van der Waals surface area contributed by atoms with E-state index in [-0.39, 0.29) is 10.8 Å². The molecule has 0 bridgehead atoms. The Hall–Kier alpha value is -0.980. The van der Waals surface area contributed by atoms with Crippen molar-refractivity contribution >= 4 is 0 Å². The molecule has 2 fully saturated rings. The third-order valence-corrected chi connectivity index (χ3v) is 7.72. The van der Waals surface area contributed by atoms with E-state index in [1.165, 1.54) is 56.9 Å². The van der Waals surface area contributed by atoms with Crippen molar-refractivity contribution in [3.8, 4) is 5.75 Å². The van der Waals surface area contributed by atoms with Gasteiger partial charge in [0.1, 0.15) is 5.75 Å². The quantitative estimate of drug-likeness (QED) is 0.546. The molecular formula is C27H44O. The van der Waals surface area contributed by atoms with Gasteiger partial charge >= 0.3 is 0 Å². The summed E-state index contributed by atoms with van der Waals surface area (Å²) in [5.74, 6) is 4.10. The van der Waals surface area contributed by atoms with Gasteiger partial charge in [0.25, 0.3) is 0 Å². The van der Waals surface area contributed by atoms with Crippen LogP contribution in [0.4, 0.5) is 0 Å². The lowest BCUT2D eigenvalue weighted by Crippen LogP contribution is -2.25. The highest BCUT2D eigenvalue weighted by molar-refractivity contribution is 5.50. The van der Waals surface area contributed by atoms with Crippen LogP contribution in [0, 0.1) is 17.8 Å². The lowest BCUT2D eigenvalue weighted by atomic mass is 9.68. The van der Waals surface area contributed by atoms with Gasteiger partial charge in [-0.1, -0.05) is 73.4 Å². The van der Waals surface area contributed by atoms with Gasteiger partial charge in [-0.2, -0.15) is 0 Å². The minimum atomic E-state index is -0.0317. The fourth-order valence-corrected chi connectivity index (χ4v) is 5.72. The van der Waals surface area contributed by atoms with E-state index in [4.69, 9.17) is 0 Å². The van der Waals surface area contributed by atoms with Crippen LogP contribution in [0.25, 0.3) is 0 Å². The van der Waals surface area contributed by atoms with Crippen LogP contribution in [0.2, 0.25) is 0 Å². The molecule has 0 heterocycles. The van der Waals surface area contributed by atoms with E-state index >= 15 is 0 Å². The molecule has 1 nitrogen and oxygen atoms in total. The van der Waals surface area contributed by atoms with Gasteiger partial charge in [0.2, 0.25) is 0 Å². The van der Waals surface area contributed by atoms with Crippen molar-refractivity contribution in [2.45, 2.75) is 117 Å². The monoisotopic (exact) mass is 384 g/mol. The summed E-state index contributed by atoms with van der Waals surface area (Å²) in [4.78, 5) is 0. The first kappa shape index (κ1) is 21.7. The second-order valence-electron chi connectivity index (χ2n) is 12.1. The molecule has 0 aromatic heterocycles.